The molecule has 1 aliphatic rings. The molecular formula is C19H18BrClN2O3. The Morgan fingerprint density at radius 3 is 2.65 bits per heavy atom. The highest BCUT2D eigenvalue weighted by Gasteiger charge is 2.35. The van der Waals surface area contributed by atoms with Crippen LogP contribution in [0, 0.1) is 0 Å². The molecule has 2 amide bonds. The van der Waals surface area contributed by atoms with Gasteiger partial charge in [0, 0.05) is 28.3 Å². The van der Waals surface area contributed by atoms with Gasteiger partial charge >= 0.3 is 0 Å². The second kappa shape index (κ2) is 8.10. The zero-order chi connectivity index (χ0) is 18.7. The number of carbonyl (C=O) groups is 2. The fourth-order valence-electron chi connectivity index (χ4n) is 2.87. The summed E-state index contributed by atoms with van der Waals surface area (Å²) in [7, 11) is 0. The molecule has 136 valence electrons. The predicted octanol–water partition coefficient (Wildman–Crippen LogP) is 3.75. The van der Waals surface area contributed by atoms with Crippen molar-refractivity contribution in [1.82, 2.24) is 4.90 Å². The molecule has 0 spiro atoms. The maximum Gasteiger partial charge on any atom is 0.261 e. The van der Waals surface area contributed by atoms with Crippen LogP contribution < -0.4 is 9.64 Å². The normalized spacial score (nSPS) is 17.3. The highest BCUT2D eigenvalue weighted by Crippen LogP contribution is 2.24. The van der Waals surface area contributed by atoms with Gasteiger partial charge in [-0.1, -0.05) is 33.6 Å². The van der Waals surface area contributed by atoms with Crippen molar-refractivity contribution in [3.05, 3.63) is 58.0 Å². The van der Waals surface area contributed by atoms with Crippen LogP contribution in [0.3, 0.4) is 0 Å². The second-order valence-corrected chi connectivity index (χ2v) is 7.33. The monoisotopic (exact) mass is 436 g/mol. The summed E-state index contributed by atoms with van der Waals surface area (Å²) in [6, 6.07) is 13.8. The summed E-state index contributed by atoms with van der Waals surface area (Å²) in [4.78, 5) is 28.5. The van der Waals surface area contributed by atoms with Crippen LogP contribution in [0.1, 0.15) is 6.92 Å². The van der Waals surface area contributed by atoms with Crippen LogP contribution in [0.2, 0.25) is 5.02 Å². The SMILES string of the molecule is CC1C(=O)N(c2cccc(Br)c2)CCN1C(=O)COc1ccc(Cl)cc1. The highest BCUT2D eigenvalue weighted by atomic mass is 79.9. The molecule has 1 saturated heterocycles. The highest BCUT2D eigenvalue weighted by molar-refractivity contribution is 9.10. The topological polar surface area (TPSA) is 49.9 Å². The fourth-order valence-corrected chi connectivity index (χ4v) is 3.38. The van der Waals surface area contributed by atoms with Crippen LogP contribution in [0.4, 0.5) is 5.69 Å². The van der Waals surface area contributed by atoms with Crippen LogP contribution in [-0.4, -0.2) is 42.5 Å². The third-order valence-corrected chi connectivity index (χ3v) is 5.02. The minimum atomic E-state index is -0.538. The molecule has 0 N–H and O–H groups in total. The zero-order valence-electron chi connectivity index (χ0n) is 14.2. The van der Waals surface area contributed by atoms with Gasteiger partial charge in [0.05, 0.1) is 0 Å². The molecule has 1 heterocycles. The number of ether oxygens (including phenoxy) is 1. The lowest BCUT2D eigenvalue weighted by atomic mass is 10.1. The molecule has 5 nitrogen and oxygen atoms in total. The fraction of sp³-hybridized carbons (Fsp3) is 0.263. The number of amides is 2. The van der Waals surface area contributed by atoms with Crippen LogP contribution in [0.15, 0.2) is 53.0 Å². The van der Waals surface area contributed by atoms with Crippen LogP contribution in [0.25, 0.3) is 0 Å². The van der Waals surface area contributed by atoms with E-state index < -0.39 is 6.04 Å². The predicted molar refractivity (Wildman–Crippen MR) is 105 cm³/mol. The molecular weight excluding hydrogens is 420 g/mol. The van der Waals surface area contributed by atoms with Crippen molar-refractivity contribution in [3.8, 4) is 5.75 Å². The summed E-state index contributed by atoms with van der Waals surface area (Å²) in [5, 5.41) is 0.603. The van der Waals surface area contributed by atoms with E-state index in [4.69, 9.17) is 16.3 Å². The van der Waals surface area contributed by atoms with Gasteiger partial charge in [0.15, 0.2) is 6.61 Å². The van der Waals surface area contributed by atoms with E-state index in [1.807, 2.05) is 24.3 Å². The minimum absolute atomic E-state index is 0.103. The molecule has 1 atom stereocenters. The van der Waals surface area contributed by atoms with E-state index in [1.165, 1.54) is 0 Å². The zero-order valence-corrected chi connectivity index (χ0v) is 16.5. The van der Waals surface area contributed by atoms with E-state index in [2.05, 4.69) is 15.9 Å². The van der Waals surface area contributed by atoms with Crippen molar-refractivity contribution in [3.63, 3.8) is 0 Å². The molecule has 26 heavy (non-hydrogen) atoms. The van der Waals surface area contributed by atoms with E-state index in [0.717, 1.165) is 10.2 Å². The summed E-state index contributed by atoms with van der Waals surface area (Å²) < 4.78 is 6.41. The lowest BCUT2D eigenvalue weighted by Crippen LogP contribution is -2.58. The molecule has 2 aromatic carbocycles. The van der Waals surface area contributed by atoms with Gasteiger partial charge in [-0.05, 0) is 49.4 Å². The lowest BCUT2D eigenvalue weighted by molar-refractivity contribution is -0.142. The Bertz CT molecular complexity index is 813. The second-order valence-electron chi connectivity index (χ2n) is 5.98. The largest absolute Gasteiger partial charge is 0.484 e. The van der Waals surface area contributed by atoms with Gasteiger partial charge in [-0.25, -0.2) is 0 Å². The first kappa shape index (κ1) is 18.7. The molecule has 2 aromatic rings. The Morgan fingerprint density at radius 1 is 1.23 bits per heavy atom. The number of nitrogens with zero attached hydrogens (tertiary/aromatic N) is 2. The molecule has 0 saturated carbocycles. The quantitative estimate of drug-likeness (QED) is 0.732. The summed E-state index contributed by atoms with van der Waals surface area (Å²) >= 11 is 9.25. The van der Waals surface area contributed by atoms with Crippen molar-refractivity contribution in [2.45, 2.75) is 13.0 Å². The Labute approximate surface area is 165 Å². The molecule has 7 heteroatoms. The molecule has 0 radical (unpaired) electrons. The molecule has 0 aromatic heterocycles. The van der Waals surface area contributed by atoms with E-state index in [-0.39, 0.29) is 18.4 Å². The maximum absolute atomic E-state index is 12.7. The van der Waals surface area contributed by atoms with Gasteiger partial charge in [0.25, 0.3) is 5.91 Å². The summed E-state index contributed by atoms with van der Waals surface area (Å²) in [5.41, 5.74) is 0.820. The average molecular weight is 438 g/mol. The van der Waals surface area contributed by atoms with Gasteiger partial charge < -0.3 is 14.5 Å². The number of halogens is 2. The molecule has 1 aliphatic heterocycles. The minimum Gasteiger partial charge on any atom is -0.484 e. The molecule has 3 rings (SSSR count). The third-order valence-electron chi connectivity index (χ3n) is 4.27. The summed E-state index contributed by atoms with van der Waals surface area (Å²) in [6.07, 6.45) is 0. The molecule has 1 fully saturated rings. The van der Waals surface area contributed by atoms with Crippen molar-refractivity contribution in [1.29, 1.82) is 0 Å². The Balaban J connectivity index is 1.62. The maximum atomic E-state index is 12.7. The number of carbonyl (C=O) groups excluding carboxylic acids is 2. The third kappa shape index (κ3) is 4.19. The van der Waals surface area contributed by atoms with Gasteiger partial charge in [-0.3, -0.25) is 9.59 Å². The Kier molecular flexibility index (Phi) is 5.84. The lowest BCUT2D eigenvalue weighted by Gasteiger charge is -2.39. The smallest absolute Gasteiger partial charge is 0.261 e. The number of piperazine rings is 1. The summed E-state index contributed by atoms with van der Waals surface area (Å²) in [5.74, 6) is 0.249. The summed E-state index contributed by atoms with van der Waals surface area (Å²) in [6.45, 7) is 2.54. The number of anilines is 1. The number of rotatable bonds is 4. The van der Waals surface area contributed by atoms with Gasteiger partial charge in [0.1, 0.15) is 11.8 Å². The van der Waals surface area contributed by atoms with Crippen LogP contribution >= 0.6 is 27.5 Å². The van der Waals surface area contributed by atoms with Crippen molar-refractivity contribution >= 4 is 45.0 Å². The van der Waals surface area contributed by atoms with Crippen molar-refractivity contribution in [2.24, 2.45) is 0 Å². The van der Waals surface area contributed by atoms with Crippen LogP contribution in [0.5, 0.6) is 5.75 Å². The van der Waals surface area contributed by atoms with Crippen molar-refractivity contribution in [2.75, 3.05) is 24.6 Å². The van der Waals surface area contributed by atoms with Crippen LogP contribution in [-0.2, 0) is 9.59 Å². The van der Waals surface area contributed by atoms with E-state index in [0.29, 0.717) is 23.9 Å². The van der Waals surface area contributed by atoms with Crippen molar-refractivity contribution < 1.29 is 14.3 Å². The van der Waals surface area contributed by atoms with Gasteiger partial charge in [0.2, 0.25) is 5.91 Å². The van der Waals surface area contributed by atoms with Gasteiger partial charge in [-0.2, -0.15) is 0 Å². The first-order valence-corrected chi connectivity index (χ1v) is 9.37. The number of hydrogen-bond acceptors (Lipinski definition) is 3. The Hall–Kier alpha value is -2.05. The Morgan fingerprint density at radius 2 is 1.96 bits per heavy atom. The molecule has 1 unspecified atom stereocenters. The molecule has 0 bridgehead atoms. The first-order chi connectivity index (χ1) is 12.5. The molecule has 0 aliphatic carbocycles. The van der Waals surface area contributed by atoms with E-state index in [9.17, 15) is 9.59 Å². The van der Waals surface area contributed by atoms with E-state index in [1.54, 1.807) is 41.0 Å². The van der Waals surface area contributed by atoms with E-state index >= 15 is 0 Å². The van der Waals surface area contributed by atoms with Gasteiger partial charge in [-0.15, -0.1) is 0 Å². The standard InChI is InChI=1S/C19H18BrClN2O3/c1-13-19(25)23(16-4-2-3-14(20)11-16)10-9-22(13)18(24)12-26-17-7-5-15(21)6-8-17/h2-8,11,13H,9-10,12H2,1H3. The first-order valence-electron chi connectivity index (χ1n) is 8.20. The number of hydrogen-bond donors (Lipinski definition) is 0. The average Bonchev–Trinajstić information content (AvgIpc) is 2.63. The number of benzene rings is 2.